The zero-order valence-electron chi connectivity index (χ0n) is 11.0. The number of benzene rings is 1. The van der Waals surface area contributed by atoms with Gasteiger partial charge in [-0.2, -0.15) is 4.98 Å². The van der Waals surface area contributed by atoms with Crippen molar-refractivity contribution in [2.75, 3.05) is 7.11 Å². The Labute approximate surface area is 119 Å². The number of nitrogens with zero attached hydrogens (tertiary/aromatic N) is 2. The number of nitrogens with one attached hydrogen (secondary N) is 1. The number of aryl methyl sites for hydroxylation is 1. The maximum atomic E-state index is 13.4. The Bertz CT molecular complexity index is 853. The summed E-state index contributed by atoms with van der Waals surface area (Å²) in [5.41, 5.74) is 2.78. The molecule has 0 atom stereocenters. The molecule has 2 aromatic heterocycles. The van der Waals surface area contributed by atoms with Crippen LogP contribution in [0.3, 0.4) is 0 Å². The molecule has 0 aliphatic heterocycles. The molecule has 0 fully saturated rings. The van der Waals surface area contributed by atoms with Gasteiger partial charge in [0.2, 0.25) is 5.88 Å². The van der Waals surface area contributed by atoms with E-state index in [1.165, 1.54) is 6.07 Å². The monoisotopic (exact) mass is 289 g/mol. The lowest BCUT2D eigenvalue weighted by Gasteiger charge is -2.06. The minimum absolute atomic E-state index is 0.245. The van der Waals surface area contributed by atoms with E-state index in [2.05, 4.69) is 9.97 Å². The fraction of sp³-hybridized carbons (Fsp3) is 0.143. The molecule has 0 spiro atoms. The van der Waals surface area contributed by atoms with Crippen molar-refractivity contribution in [3.8, 4) is 11.6 Å². The predicted octanol–water partition coefficient (Wildman–Crippen LogP) is 3.54. The SMILES string of the molecule is COc1ccc2[nH]c(=S)n(-c3ccc(F)c(C)c3)c2n1. The van der Waals surface area contributed by atoms with Crippen LogP contribution >= 0.6 is 12.2 Å². The Hall–Kier alpha value is -2.21. The highest BCUT2D eigenvalue weighted by atomic mass is 32.1. The molecule has 0 unspecified atom stereocenters. The fourth-order valence-electron chi connectivity index (χ4n) is 2.09. The van der Waals surface area contributed by atoms with Crippen LogP contribution < -0.4 is 4.74 Å². The van der Waals surface area contributed by atoms with Crippen molar-refractivity contribution in [2.45, 2.75) is 6.92 Å². The lowest BCUT2D eigenvalue weighted by molar-refractivity contribution is 0.399. The molecule has 2 heterocycles. The Balaban J connectivity index is 2.31. The number of fused-ring (bicyclic) bond motifs is 1. The third-order valence-corrected chi connectivity index (χ3v) is 3.40. The first-order chi connectivity index (χ1) is 9.60. The lowest BCUT2D eigenvalue weighted by Crippen LogP contribution is -1.98. The molecular formula is C14H12FN3OS. The molecule has 3 aromatic rings. The van der Waals surface area contributed by atoms with Crippen LogP contribution in [-0.2, 0) is 0 Å². The van der Waals surface area contributed by atoms with Crippen molar-refractivity contribution in [2.24, 2.45) is 0 Å². The van der Waals surface area contributed by atoms with E-state index in [0.717, 1.165) is 11.2 Å². The van der Waals surface area contributed by atoms with Crippen LogP contribution in [0.2, 0.25) is 0 Å². The molecule has 6 heteroatoms. The van der Waals surface area contributed by atoms with Gasteiger partial charge in [0.25, 0.3) is 0 Å². The summed E-state index contributed by atoms with van der Waals surface area (Å²) in [6.07, 6.45) is 0. The zero-order valence-corrected chi connectivity index (χ0v) is 11.8. The number of ether oxygens (including phenoxy) is 1. The van der Waals surface area contributed by atoms with E-state index < -0.39 is 0 Å². The summed E-state index contributed by atoms with van der Waals surface area (Å²) in [6.45, 7) is 1.71. The van der Waals surface area contributed by atoms with Crippen molar-refractivity contribution in [1.29, 1.82) is 0 Å². The maximum absolute atomic E-state index is 13.4. The van der Waals surface area contributed by atoms with Crippen molar-refractivity contribution in [1.82, 2.24) is 14.5 Å². The molecule has 4 nitrogen and oxygen atoms in total. The minimum Gasteiger partial charge on any atom is -0.481 e. The number of aromatic amines is 1. The number of methoxy groups -OCH3 is 1. The summed E-state index contributed by atoms with van der Waals surface area (Å²) >= 11 is 5.32. The van der Waals surface area contributed by atoms with E-state index in [-0.39, 0.29) is 5.82 Å². The highest BCUT2D eigenvalue weighted by Gasteiger charge is 2.10. The first-order valence-corrected chi connectivity index (χ1v) is 6.43. The van der Waals surface area contributed by atoms with Crippen LogP contribution in [0, 0.1) is 17.5 Å². The van der Waals surface area contributed by atoms with Gasteiger partial charge in [0, 0.05) is 6.07 Å². The number of halogens is 1. The zero-order chi connectivity index (χ0) is 14.3. The molecule has 0 aliphatic carbocycles. The normalized spacial score (nSPS) is 10.9. The molecule has 0 amide bonds. The molecule has 0 radical (unpaired) electrons. The van der Waals surface area contributed by atoms with Crippen LogP contribution in [-0.4, -0.2) is 21.6 Å². The van der Waals surface area contributed by atoms with Crippen molar-refractivity contribution >= 4 is 23.4 Å². The molecule has 1 N–H and O–H groups in total. The number of pyridine rings is 1. The van der Waals surface area contributed by atoms with Gasteiger partial charge in [0.05, 0.1) is 18.3 Å². The number of rotatable bonds is 2. The average molecular weight is 289 g/mol. The maximum Gasteiger partial charge on any atom is 0.215 e. The summed E-state index contributed by atoms with van der Waals surface area (Å²) in [6, 6.07) is 8.44. The van der Waals surface area contributed by atoms with E-state index in [0.29, 0.717) is 21.9 Å². The molecule has 3 rings (SSSR count). The quantitative estimate of drug-likeness (QED) is 0.734. The van der Waals surface area contributed by atoms with Gasteiger partial charge in [-0.3, -0.25) is 4.57 Å². The van der Waals surface area contributed by atoms with Crippen molar-refractivity contribution in [3.05, 3.63) is 46.5 Å². The second-order valence-electron chi connectivity index (χ2n) is 4.42. The van der Waals surface area contributed by atoms with E-state index in [4.69, 9.17) is 17.0 Å². The average Bonchev–Trinajstić information content (AvgIpc) is 2.77. The lowest BCUT2D eigenvalue weighted by atomic mass is 10.2. The largest absolute Gasteiger partial charge is 0.481 e. The van der Waals surface area contributed by atoms with Crippen LogP contribution in [0.1, 0.15) is 5.56 Å². The Morgan fingerprint density at radius 2 is 2.10 bits per heavy atom. The molecule has 0 bridgehead atoms. The predicted molar refractivity (Wildman–Crippen MR) is 77.5 cm³/mol. The summed E-state index contributed by atoms with van der Waals surface area (Å²) in [5, 5.41) is 0. The number of hydrogen-bond donors (Lipinski definition) is 1. The summed E-state index contributed by atoms with van der Waals surface area (Å²) in [7, 11) is 1.56. The number of hydrogen-bond acceptors (Lipinski definition) is 3. The second kappa shape index (κ2) is 4.72. The number of imidazole rings is 1. The topological polar surface area (TPSA) is 42.8 Å². The van der Waals surface area contributed by atoms with Gasteiger partial charge >= 0.3 is 0 Å². The van der Waals surface area contributed by atoms with Gasteiger partial charge in [-0.1, -0.05) is 0 Å². The second-order valence-corrected chi connectivity index (χ2v) is 4.81. The highest BCUT2D eigenvalue weighted by molar-refractivity contribution is 7.71. The summed E-state index contributed by atoms with van der Waals surface area (Å²) in [5.74, 6) is 0.254. The van der Waals surface area contributed by atoms with Crippen LogP contribution in [0.25, 0.3) is 16.9 Å². The molecular weight excluding hydrogens is 277 g/mol. The third kappa shape index (κ3) is 1.98. The number of aromatic nitrogens is 3. The van der Waals surface area contributed by atoms with E-state index in [9.17, 15) is 4.39 Å². The van der Waals surface area contributed by atoms with Crippen LogP contribution in [0.4, 0.5) is 4.39 Å². The first kappa shape index (κ1) is 12.8. The van der Waals surface area contributed by atoms with Gasteiger partial charge in [-0.05, 0) is 49.0 Å². The smallest absolute Gasteiger partial charge is 0.215 e. The van der Waals surface area contributed by atoms with Gasteiger partial charge in [-0.25, -0.2) is 4.39 Å². The van der Waals surface area contributed by atoms with E-state index >= 15 is 0 Å². The van der Waals surface area contributed by atoms with Crippen molar-refractivity contribution in [3.63, 3.8) is 0 Å². The van der Waals surface area contributed by atoms with E-state index in [1.807, 2.05) is 6.07 Å². The Morgan fingerprint density at radius 3 is 2.80 bits per heavy atom. The molecule has 0 aliphatic rings. The van der Waals surface area contributed by atoms with Gasteiger partial charge in [0.15, 0.2) is 10.4 Å². The number of H-pyrrole nitrogens is 1. The van der Waals surface area contributed by atoms with Crippen LogP contribution in [0.15, 0.2) is 30.3 Å². The highest BCUT2D eigenvalue weighted by Crippen LogP contribution is 2.22. The van der Waals surface area contributed by atoms with Gasteiger partial charge in [0.1, 0.15) is 5.82 Å². The van der Waals surface area contributed by atoms with Crippen molar-refractivity contribution < 1.29 is 9.13 Å². The molecule has 20 heavy (non-hydrogen) atoms. The summed E-state index contributed by atoms with van der Waals surface area (Å²) < 4.78 is 20.8. The Kier molecular flexibility index (Phi) is 3.02. The first-order valence-electron chi connectivity index (χ1n) is 6.02. The molecule has 1 aromatic carbocycles. The molecule has 102 valence electrons. The van der Waals surface area contributed by atoms with Gasteiger partial charge in [-0.15, -0.1) is 0 Å². The standard InChI is InChI=1S/C14H12FN3OS/c1-8-7-9(3-4-10(8)15)18-13-11(16-14(18)20)5-6-12(17-13)19-2/h3-7H,1-2H3,(H,16,20). The Morgan fingerprint density at radius 1 is 1.30 bits per heavy atom. The van der Waals surface area contributed by atoms with Gasteiger partial charge < -0.3 is 9.72 Å². The molecule has 0 saturated carbocycles. The third-order valence-electron chi connectivity index (χ3n) is 3.11. The van der Waals surface area contributed by atoms with E-state index in [1.54, 1.807) is 36.8 Å². The van der Waals surface area contributed by atoms with Crippen LogP contribution in [0.5, 0.6) is 5.88 Å². The minimum atomic E-state index is -0.245. The fourth-order valence-corrected chi connectivity index (χ4v) is 2.39. The molecule has 0 saturated heterocycles. The summed E-state index contributed by atoms with van der Waals surface area (Å²) in [4.78, 5) is 7.47.